The number of hydrogen-bond acceptors (Lipinski definition) is 2. The predicted octanol–water partition coefficient (Wildman–Crippen LogP) is 2.62. The molecule has 4 nitrogen and oxygen atoms in total. The van der Waals surface area contributed by atoms with Crippen molar-refractivity contribution in [2.24, 2.45) is 0 Å². The van der Waals surface area contributed by atoms with Gasteiger partial charge in [-0.2, -0.15) is 5.10 Å². The van der Waals surface area contributed by atoms with Crippen molar-refractivity contribution in [1.82, 2.24) is 10.2 Å². The first-order valence-electron chi connectivity index (χ1n) is 5.58. The standard InChI is InChI=1S/C13H16N2O2/c1-8-12-9(13(2,3)7-11(16)17)5-4-6-10(12)15-14-8/h4-6H,7H2,1-3H3,(H,14,15)(H,16,17). The molecule has 0 unspecified atom stereocenters. The van der Waals surface area contributed by atoms with E-state index in [0.29, 0.717) is 0 Å². The lowest BCUT2D eigenvalue weighted by Gasteiger charge is -2.24. The molecule has 2 rings (SSSR count). The molecule has 17 heavy (non-hydrogen) atoms. The van der Waals surface area contributed by atoms with E-state index in [9.17, 15) is 4.79 Å². The van der Waals surface area contributed by atoms with Crippen molar-refractivity contribution in [1.29, 1.82) is 0 Å². The van der Waals surface area contributed by atoms with Gasteiger partial charge in [0.1, 0.15) is 0 Å². The minimum Gasteiger partial charge on any atom is -0.481 e. The zero-order valence-corrected chi connectivity index (χ0v) is 10.2. The van der Waals surface area contributed by atoms with E-state index in [1.54, 1.807) is 0 Å². The van der Waals surface area contributed by atoms with E-state index in [-0.39, 0.29) is 6.42 Å². The summed E-state index contributed by atoms with van der Waals surface area (Å²) in [7, 11) is 0. The molecule has 1 aromatic carbocycles. The number of nitrogens with one attached hydrogen (secondary N) is 1. The van der Waals surface area contributed by atoms with Crippen LogP contribution in [0.4, 0.5) is 0 Å². The average molecular weight is 232 g/mol. The van der Waals surface area contributed by atoms with Crippen LogP contribution in [0.3, 0.4) is 0 Å². The fourth-order valence-electron chi connectivity index (χ4n) is 2.26. The number of aromatic amines is 1. The second-order valence-electron chi connectivity index (χ2n) is 5.00. The van der Waals surface area contributed by atoms with E-state index >= 15 is 0 Å². The molecule has 0 aliphatic heterocycles. The molecule has 0 atom stereocenters. The molecule has 1 heterocycles. The van der Waals surface area contributed by atoms with Crippen LogP contribution >= 0.6 is 0 Å². The summed E-state index contributed by atoms with van der Waals surface area (Å²) >= 11 is 0. The Hall–Kier alpha value is -1.84. The Kier molecular flexibility index (Phi) is 2.65. The molecule has 0 bridgehead atoms. The molecular formula is C13H16N2O2. The third kappa shape index (κ3) is 2.02. The van der Waals surface area contributed by atoms with Gasteiger partial charge in [-0.3, -0.25) is 9.89 Å². The highest BCUT2D eigenvalue weighted by Gasteiger charge is 2.27. The number of H-pyrrole nitrogens is 1. The Morgan fingerprint density at radius 1 is 1.47 bits per heavy atom. The van der Waals surface area contributed by atoms with Gasteiger partial charge in [0.15, 0.2) is 0 Å². The Morgan fingerprint density at radius 3 is 2.82 bits per heavy atom. The number of nitrogens with zero attached hydrogens (tertiary/aromatic N) is 1. The van der Waals surface area contributed by atoms with Gasteiger partial charge >= 0.3 is 5.97 Å². The van der Waals surface area contributed by atoms with Crippen molar-refractivity contribution in [3.63, 3.8) is 0 Å². The molecule has 1 aromatic heterocycles. The molecule has 2 N–H and O–H groups in total. The van der Waals surface area contributed by atoms with E-state index in [0.717, 1.165) is 22.2 Å². The molecule has 0 fully saturated rings. The topological polar surface area (TPSA) is 66.0 Å². The number of benzene rings is 1. The van der Waals surface area contributed by atoms with Crippen molar-refractivity contribution in [2.45, 2.75) is 32.6 Å². The highest BCUT2D eigenvalue weighted by Crippen LogP contribution is 2.33. The second kappa shape index (κ2) is 3.87. The van der Waals surface area contributed by atoms with Gasteiger partial charge in [0, 0.05) is 16.5 Å². The summed E-state index contributed by atoms with van der Waals surface area (Å²) in [4.78, 5) is 10.9. The van der Waals surface area contributed by atoms with Crippen molar-refractivity contribution in [2.75, 3.05) is 0 Å². The number of carbonyl (C=O) groups is 1. The van der Waals surface area contributed by atoms with Crippen LogP contribution in [-0.2, 0) is 10.2 Å². The van der Waals surface area contributed by atoms with Gasteiger partial charge in [-0.15, -0.1) is 0 Å². The first kappa shape index (κ1) is 11.6. The zero-order valence-electron chi connectivity index (χ0n) is 10.2. The quantitative estimate of drug-likeness (QED) is 0.854. The Labute approximate surface area is 99.7 Å². The van der Waals surface area contributed by atoms with Gasteiger partial charge in [0.2, 0.25) is 0 Å². The molecule has 0 saturated heterocycles. The third-order valence-electron chi connectivity index (χ3n) is 3.08. The SMILES string of the molecule is Cc1[nH]nc2cccc(C(C)(C)CC(=O)O)c12. The summed E-state index contributed by atoms with van der Waals surface area (Å²) in [5.41, 5.74) is 2.50. The highest BCUT2D eigenvalue weighted by atomic mass is 16.4. The molecule has 0 spiro atoms. The molecule has 0 amide bonds. The smallest absolute Gasteiger partial charge is 0.304 e. The van der Waals surface area contributed by atoms with Crippen LogP contribution in [0.1, 0.15) is 31.5 Å². The molecule has 0 aliphatic carbocycles. The number of aryl methyl sites for hydroxylation is 1. The van der Waals surface area contributed by atoms with Crippen LogP contribution in [0, 0.1) is 6.92 Å². The van der Waals surface area contributed by atoms with Crippen LogP contribution < -0.4 is 0 Å². The number of carboxylic acids is 1. The van der Waals surface area contributed by atoms with Gasteiger partial charge in [-0.05, 0) is 18.6 Å². The van der Waals surface area contributed by atoms with Crippen molar-refractivity contribution >= 4 is 16.9 Å². The molecule has 0 radical (unpaired) electrons. The number of fused-ring (bicyclic) bond motifs is 1. The minimum atomic E-state index is -0.784. The van der Waals surface area contributed by atoms with E-state index < -0.39 is 11.4 Å². The van der Waals surface area contributed by atoms with Crippen LogP contribution in [0.15, 0.2) is 18.2 Å². The summed E-state index contributed by atoms with van der Waals surface area (Å²) in [6.45, 7) is 5.85. The van der Waals surface area contributed by atoms with Crippen molar-refractivity contribution in [3.8, 4) is 0 Å². The first-order chi connectivity index (χ1) is 7.92. The lowest BCUT2D eigenvalue weighted by molar-refractivity contribution is -0.138. The van der Waals surface area contributed by atoms with E-state index in [2.05, 4.69) is 10.2 Å². The van der Waals surface area contributed by atoms with E-state index in [4.69, 9.17) is 5.11 Å². The molecular weight excluding hydrogens is 216 g/mol. The number of aromatic nitrogens is 2. The second-order valence-corrected chi connectivity index (χ2v) is 5.00. The Morgan fingerprint density at radius 2 is 2.18 bits per heavy atom. The fraction of sp³-hybridized carbons (Fsp3) is 0.385. The largest absolute Gasteiger partial charge is 0.481 e. The fourth-order valence-corrected chi connectivity index (χ4v) is 2.26. The zero-order chi connectivity index (χ0) is 12.6. The molecule has 2 aromatic rings. The maximum absolute atomic E-state index is 10.9. The van der Waals surface area contributed by atoms with Gasteiger partial charge in [-0.25, -0.2) is 0 Å². The van der Waals surface area contributed by atoms with E-state index in [1.165, 1.54) is 0 Å². The summed E-state index contributed by atoms with van der Waals surface area (Å²) in [6.07, 6.45) is 0.108. The number of aliphatic carboxylic acids is 1. The summed E-state index contributed by atoms with van der Waals surface area (Å²) in [5, 5.41) is 17.2. The monoisotopic (exact) mass is 232 g/mol. The van der Waals surface area contributed by atoms with Crippen molar-refractivity contribution in [3.05, 3.63) is 29.5 Å². The normalized spacial score (nSPS) is 11.9. The van der Waals surface area contributed by atoms with Gasteiger partial charge < -0.3 is 5.11 Å². The highest BCUT2D eigenvalue weighted by molar-refractivity contribution is 5.86. The minimum absolute atomic E-state index is 0.108. The lowest BCUT2D eigenvalue weighted by atomic mass is 9.79. The number of rotatable bonds is 3. The van der Waals surface area contributed by atoms with Gasteiger partial charge in [0.25, 0.3) is 0 Å². The number of hydrogen-bond donors (Lipinski definition) is 2. The summed E-state index contributed by atoms with van der Waals surface area (Å²) < 4.78 is 0. The molecule has 4 heteroatoms. The van der Waals surface area contributed by atoms with Gasteiger partial charge in [0.05, 0.1) is 11.9 Å². The Bertz CT molecular complexity index is 570. The first-order valence-corrected chi connectivity index (χ1v) is 5.58. The molecule has 90 valence electrons. The molecule has 0 saturated carbocycles. The number of carboxylic acid groups (broad SMARTS) is 1. The average Bonchev–Trinajstić information content (AvgIpc) is 2.59. The third-order valence-corrected chi connectivity index (χ3v) is 3.08. The Balaban J connectivity index is 2.61. The maximum atomic E-state index is 10.9. The van der Waals surface area contributed by atoms with E-state index in [1.807, 2.05) is 39.0 Å². The lowest BCUT2D eigenvalue weighted by Crippen LogP contribution is -2.22. The maximum Gasteiger partial charge on any atom is 0.304 e. The van der Waals surface area contributed by atoms with Crippen LogP contribution in [0.5, 0.6) is 0 Å². The van der Waals surface area contributed by atoms with Crippen LogP contribution in [-0.4, -0.2) is 21.3 Å². The van der Waals surface area contributed by atoms with Crippen LogP contribution in [0.25, 0.3) is 10.9 Å². The van der Waals surface area contributed by atoms with Crippen molar-refractivity contribution < 1.29 is 9.90 Å². The summed E-state index contributed by atoms with van der Waals surface area (Å²) in [6, 6.07) is 5.83. The summed E-state index contributed by atoms with van der Waals surface area (Å²) in [5.74, 6) is -0.784. The van der Waals surface area contributed by atoms with Gasteiger partial charge in [-0.1, -0.05) is 26.0 Å². The molecule has 0 aliphatic rings. The predicted molar refractivity (Wildman–Crippen MR) is 66.1 cm³/mol. The van der Waals surface area contributed by atoms with Crippen LogP contribution in [0.2, 0.25) is 0 Å².